The van der Waals surface area contributed by atoms with E-state index in [1.807, 2.05) is 19.2 Å². The Hall–Kier alpha value is -0.930. The summed E-state index contributed by atoms with van der Waals surface area (Å²) in [6.45, 7) is 2.58. The fourth-order valence-corrected chi connectivity index (χ4v) is 2.40. The van der Waals surface area contributed by atoms with Gasteiger partial charge in [-0.2, -0.15) is 0 Å². The topological polar surface area (TPSA) is 21.3 Å². The van der Waals surface area contributed by atoms with Crippen molar-refractivity contribution in [2.75, 3.05) is 26.8 Å². The van der Waals surface area contributed by atoms with Crippen LogP contribution in [0, 0.1) is 11.2 Å². The number of ether oxygens (including phenoxy) is 1. The highest BCUT2D eigenvalue weighted by Crippen LogP contribution is 2.32. The first-order chi connectivity index (χ1) is 7.74. The molecule has 1 aliphatic rings. The summed E-state index contributed by atoms with van der Waals surface area (Å²) in [5.41, 5.74) is 1.37. The Morgan fingerprint density at radius 3 is 2.69 bits per heavy atom. The van der Waals surface area contributed by atoms with Crippen LogP contribution in [0.5, 0.6) is 0 Å². The van der Waals surface area contributed by atoms with Crippen molar-refractivity contribution >= 4 is 0 Å². The molecule has 3 heteroatoms. The average Bonchev–Trinajstić information content (AvgIpc) is 2.71. The van der Waals surface area contributed by atoms with Crippen molar-refractivity contribution in [3.8, 4) is 0 Å². The van der Waals surface area contributed by atoms with Gasteiger partial charge in [0.2, 0.25) is 0 Å². The van der Waals surface area contributed by atoms with Crippen molar-refractivity contribution in [2.24, 2.45) is 5.41 Å². The van der Waals surface area contributed by atoms with Crippen LogP contribution in [0.15, 0.2) is 24.3 Å². The zero-order chi connectivity index (χ0) is 11.4. The fraction of sp³-hybridized carbons (Fsp3) is 0.538. The van der Waals surface area contributed by atoms with Gasteiger partial charge < -0.3 is 10.1 Å². The molecule has 0 amide bonds. The van der Waals surface area contributed by atoms with Gasteiger partial charge in [-0.15, -0.1) is 0 Å². The standard InChI is InChI=1S/C13H18FNO/c1-15-9-13(6-7-16-10-13)8-11-2-4-12(14)5-3-11/h2-5,15H,6-10H2,1H3. The molecule has 1 fully saturated rings. The summed E-state index contributed by atoms with van der Waals surface area (Å²) in [4.78, 5) is 0. The summed E-state index contributed by atoms with van der Waals surface area (Å²) in [6.07, 6.45) is 2.03. The molecule has 2 nitrogen and oxygen atoms in total. The smallest absolute Gasteiger partial charge is 0.123 e. The summed E-state index contributed by atoms with van der Waals surface area (Å²) in [7, 11) is 1.96. The number of rotatable bonds is 4. The fourth-order valence-electron chi connectivity index (χ4n) is 2.40. The minimum absolute atomic E-state index is 0.172. The molecule has 16 heavy (non-hydrogen) atoms. The zero-order valence-electron chi connectivity index (χ0n) is 9.63. The normalized spacial score (nSPS) is 24.9. The van der Waals surface area contributed by atoms with Crippen molar-refractivity contribution in [1.29, 1.82) is 0 Å². The Morgan fingerprint density at radius 2 is 2.12 bits per heavy atom. The van der Waals surface area contributed by atoms with Crippen LogP contribution in [0.1, 0.15) is 12.0 Å². The quantitative estimate of drug-likeness (QED) is 0.843. The summed E-state index contributed by atoms with van der Waals surface area (Å²) < 4.78 is 18.3. The van der Waals surface area contributed by atoms with E-state index in [4.69, 9.17) is 4.74 Å². The summed E-state index contributed by atoms with van der Waals surface area (Å²) >= 11 is 0. The van der Waals surface area contributed by atoms with Crippen LogP contribution in [0.4, 0.5) is 4.39 Å². The van der Waals surface area contributed by atoms with Crippen molar-refractivity contribution < 1.29 is 9.13 Å². The lowest BCUT2D eigenvalue weighted by Crippen LogP contribution is -2.35. The van der Waals surface area contributed by atoms with Crippen LogP contribution in [-0.4, -0.2) is 26.8 Å². The van der Waals surface area contributed by atoms with E-state index in [0.717, 1.165) is 32.6 Å². The average molecular weight is 223 g/mol. The molecule has 0 aromatic heterocycles. The lowest BCUT2D eigenvalue weighted by atomic mass is 9.81. The summed E-state index contributed by atoms with van der Waals surface area (Å²) in [5, 5.41) is 3.23. The molecule has 0 spiro atoms. The van der Waals surface area contributed by atoms with E-state index in [-0.39, 0.29) is 11.2 Å². The van der Waals surface area contributed by atoms with Gasteiger partial charge in [-0.25, -0.2) is 4.39 Å². The third-order valence-electron chi connectivity index (χ3n) is 3.23. The maximum absolute atomic E-state index is 12.8. The first kappa shape index (κ1) is 11.6. The Balaban J connectivity index is 2.08. The second-order valence-electron chi connectivity index (χ2n) is 4.64. The Morgan fingerprint density at radius 1 is 1.38 bits per heavy atom. The summed E-state index contributed by atoms with van der Waals surface area (Å²) in [5.74, 6) is -0.172. The molecule has 1 unspecified atom stereocenters. The predicted molar refractivity (Wildman–Crippen MR) is 61.9 cm³/mol. The number of hydrogen-bond donors (Lipinski definition) is 1. The van der Waals surface area contributed by atoms with Crippen LogP contribution in [-0.2, 0) is 11.2 Å². The Labute approximate surface area is 95.8 Å². The van der Waals surface area contributed by atoms with E-state index in [9.17, 15) is 4.39 Å². The van der Waals surface area contributed by atoms with Crippen LogP contribution >= 0.6 is 0 Å². The largest absolute Gasteiger partial charge is 0.381 e. The molecule has 0 radical (unpaired) electrons. The number of nitrogens with one attached hydrogen (secondary N) is 1. The molecule has 1 aromatic rings. The monoisotopic (exact) mass is 223 g/mol. The van der Waals surface area contributed by atoms with Crippen LogP contribution in [0.2, 0.25) is 0 Å². The molecule has 1 aromatic carbocycles. The maximum atomic E-state index is 12.8. The molecule has 1 N–H and O–H groups in total. The van der Waals surface area contributed by atoms with E-state index < -0.39 is 0 Å². The van der Waals surface area contributed by atoms with E-state index in [1.165, 1.54) is 17.7 Å². The van der Waals surface area contributed by atoms with E-state index >= 15 is 0 Å². The predicted octanol–water partition coefficient (Wildman–Crippen LogP) is 1.99. The lowest BCUT2D eigenvalue weighted by Gasteiger charge is -2.27. The number of hydrogen-bond acceptors (Lipinski definition) is 2. The lowest BCUT2D eigenvalue weighted by molar-refractivity contribution is 0.150. The summed E-state index contributed by atoms with van der Waals surface area (Å²) in [6, 6.07) is 6.78. The molecule has 1 atom stereocenters. The van der Waals surface area contributed by atoms with Crippen molar-refractivity contribution in [2.45, 2.75) is 12.8 Å². The van der Waals surface area contributed by atoms with Crippen LogP contribution < -0.4 is 5.32 Å². The van der Waals surface area contributed by atoms with E-state index in [1.54, 1.807) is 0 Å². The van der Waals surface area contributed by atoms with Crippen LogP contribution in [0.25, 0.3) is 0 Å². The number of halogens is 1. The molecular weight excluding hydrogens is 205 g/mol. The second kappa shape index (κ2) is 4.93. The highest BCUT2D eigenvalue weighted by molar-refractivity contribution is 5.18. The minimum Gasteiger partial charge on any atom is -0.381 e. The highest BCUT2D eigenvalue weighted by atomic mass is 19.1. The van der Waals surface area contributed by atoms with Gasteiger partial charge in [0.05, 0.1) is 6.61 Å². The van der Waals surface area contributed by atoms with Gasteiger partial charge in [-0.3, -0.25) is 0 Å². The molecule has 88 valence electrons. The van der Waals surface area contributed by atoms with Crippen molar-refractivity contribution in [3.05, 3.63) is 35.6 Å². The SMILES string of the molecule is CNCC1(Cc2ccc(F)cc2)CCOC1. The molecule has 1 aliphatic heterocycles. The van der Waals surface area contributed by atoms with Crippen LogP contribution in [0.3, 0.4) is 0 Å². The first-order valence-electron chi connectivity index (χ1n) is 5.71. The van der Waals surface area contributed by atoms with Gasteiger partial charge >= 0.3 is 0 Å². The molecule has 0 bridgehead atoms. The third-order valence-corrected chi connectivity index (χ3v) is 3.23. The first-order valence-corrected chi connectivity index (χ1v) is 5.71. The van der Waals surface area contributed by atoms with Gasteiger partial charge in [0.1, 0.15) is 5.82 Å². The van der Waals surface area contributed by atoms with Gasteiger partial charge in [0, 0.05) is 18.6 Å². The Bertz CT molecular complexity index is 330. The molecule has 1 saturated heterocycles. The van der Waals surface area contributed by atoms with Gasteiger partial charge in [-0.05, 0) is 37.6 Å². The second-order valence-corrected chi connectivity index (χ2v) is 4.64. The number of benzene rings is 1. The zero-order valence-corrected chi connectivity index (χ0v) is 9.63. The molecule has 1 heterocycles. The molecule has 2 rings (SSSR count). The van der Waals surface area contributed by atoms with E-state index in [0.29, 0.717) is 0 Å². The van der Waals surface area contributed by atoms with E-state index in [2.05, 4.69) is 5.32 Å². The molecule has 0 saturated carbocycles. The van der Waals surface area contributed by atoms with Crippen molar-refractivity contribution in [3.63, 3.8) is 0 Å². The molecular formula is C13H18FNO. The minimum atomic E-state index is -0.172. The van der Waals surface area contributed by atoms with Gasteiger partial charge in [-0.1, -0.05) is 12.1 Å². The highest BCUT2D eigenvalue weighted by Gasteiger charge is 2.34. The maximum Gasteiger partial charge on any atom is 0.123 e. The van der Waals surface area contributed by atoms with Crippen molar-refractivity contribution in [1.82, 2.24) is 5.32 Å². The Kier molecular flexibility index (Phi) is 3.56. The van der Waals surface area contributed by atoms with Gasteiger partial charge in [0.25, 0.3) is 0 Å². The molecule has 0 aliphatic carbocycles. The van der Waals surface area contributed by atoms with Gasteiger partial charge in [0.15, 0.2) is 0 Å². The third kappa shape index (κ3) is 2.60.